The van der Waals surface area contributed by atoms with Crippen molar-refractivity contribution in [3.63, 3.8) is 0 Å². The molecule has 2 aromatic rings. The molecule has 0 radical (unpaired) electrons. The van der Waals surface area contributed by atoms with Crippen LogP contribution < -0.4 is 15.8 Å². The minimum atomic E-state index is -0.199. The van der Waals surface area contributed by atoms with Crippen LogP contribution in [0.3, 0.4) is 0 Å². The number of nitrogens with two attached hydrogens (primary N) is 1. The summed E-state index contributed by atoms with van der Waals surface area (Å²) in [4.78, 5) is 11.8. The Balaban J connectivity index is 1.82. The number of anilines is 2. The van der Waals surface area contributed by atoms with Crippen molar-refractivity contribution < 1.29 is 9.53 Å². The lowest BCUT2D eigenvalue weighted by Gasteiger charge is -2.09. The van der Waals surface area contributed by atoms with Crippen LogP contribution in [-0.2, 0) is 4.79 Å². The van der Waals surface area contributed by atoms with Gasteiger partial charge in [0.05, 0.1) is 23.7 Å². The molecule has 0 spiro atoms. The van der Waals surface area contributed by atoms with Gasteiger partial charge in [-0.2, -0.15) is 0 Å². The zero-order valence-corrected chi connectivity index (χ0v) is 12.6. The summed E-state index contributed by atoms with van der Waals surface area (Å²) < 4.78 is 5.45. The maximum atomic E-state index is 11.8. The summed E-state index contributed by atoms with van der Waals surface area (Å²) in [5, 5.41) is 3.64. The van der Waals surface area contributed by atoms with Crippen LogP contribution in [0, 0.1) is 0 Å². The lowest BCUT2D eigenvalue weighted by molar-refractivity contribution is -0.116. The molecule has 0 atom stereocenters. The molecule has 2 aromatic carbocycles. The van der Waals surface area contributed by atoms with Crippen LogP contribution in [0.2, 0.25) is 10.0 Å². The molecule has 21 heavy (non-hydrogen) atoms. The third kappa shape index (κ3) is 4.85. The SMILES string of the molecule is Nc1ccc(OCCC(=O)Nc2cc(Cl)ccc2Cl)cc1. The van der Waals surface area contributed by atoms with Gasteiger partial charge in [0.15, 0.2) is 0 Å². The Hall–Kier alpha value is -1.91. The van der Waals surface area contributed by atoms with Crippen LogP contribution >= 0.6 is 23.2 Å². The third-order valence-corrected chi connectivity index (χ3v) is 3.25. The van der Waals surface area contributed by atoms with E-state index in [1.165, 1.54) is 0 Å². The average molecular weight is 325 g/mol. The number of rotatable bonds is 5. The predicted molar refractivity (Wildman–Crippen MR) is 86.1 cm³/mol. The number of halogens is 2. The Morgan fingerprint density at radius 1 is 1.14 bits per heavy atom. The summed E-state index contributed by atoms with van der Waals surface area (Å²) in [5.74, 6) is 0.465. The summed E-state index contributed by atoms with van der Waals surface area (Å²) in [7, 11) is 0. The second-order valence-electron chi connectivity index (χ2n) is 4.34. The van der Waals surface area contributed by atoms with E-state index in [-0.39, 0.29) is 18.9 Å². The van der Waals surface area contributed by atoms with Crippen molar-refractivity contribution >= 4 is 40.5 Å². The highest BCUT2D eigenvalue weighted by Gasteiger charge is 2.07. The van der Waals surface area contributed by atoms with Crippen molar-refractivity contribution in [3.8, 4) is 5.75 Å². The molecule has 1 amide bonds. The molecule has 3 N–H and O–H groups in total. The minimum Gasteiger partial charge on any atom is -0.493 e. The minimum absolute atomic E-state index is 0.199. The smallest absolute Gasteiger partial charge is 0.227 e. The molecule has 0 aliphatic rings. The number of nitrogen functional groups attached to an aromatic ring is 1. The van der Waals surface area contributed by atoms with Gasteiger partial charge in [-0.3, -0.25) is 4.79 Å². The van der Waals surface area contributed by atoms with E-state index < -0.39 is 0 Å². The zero-order chi connectivity index (χ0) is 15.2. The van der Waals surface area contributed by atoms with E-state index in [4.69, 9.17) is 33.7 Å². The molecule has 2 rings (SSSR count). The highest BCUT2D eigenvalue weighted by Crippen LogP contribution is 2.25. The van der Waals surface area contributed by atoms with Gasteiger partial charge in [0, 0.05) is 10.7 Å². The Labute approximate surface area is 132 Å². The molecule has 0 heterocycles. The normalized spacial score (nSPS) is 10.2. The first kappa shape index (κ1) is 15.5. The molecular formula is C15H14Cl2N2O2. The molecule has 110 valence electrons. The largest absolute Gasteiger partial charge is 0.493 e. The highest BCUT2D eigenvalue weighted by molar-refractivity contribution is 6.35. The summed E-state index contributed by atoms with van der Waals surface area (Å²) in [5.41, 5.74) is 6.72. The van der Waals surface area contributed by atoms with Crippen molar-refractivity contribution in [1.82, 2.24) is 0 Å². The molecule has 0 unspecified atom stereocenters. The van der Waals surface area contributed by atoms with E-state index in [0.29, 0.717) is 27.2 Å². The zero-order valence-electron chi connectivity index (χ0n) is 11.1. The highest BCUT2D eigenvalue weighted by atomic mass is 35.5. The van der Waals surface area contributed by atoms with Gasteiger partial charge in [-0.15, -0.1) is 0 Å². The third-order valence-electron chi connectivity index (χ3n) is 2.68. The van der Waals surface area contributed by atoms with Crippen LogP contribution in [0.25, 0.3) is 0 Å². The maximum Gasteiger partial charge on any atom is 0.227 e. The van der Waals surface area contributed by atoms with Crippen LogP contribution in [0.1, 0.15) is 6.42 Å². The van der Waals surface area contributed by atoms with Crippen LogP contribution in [0.5, 0.6) is 5.75 Å². The van der Waals surface area contributed by atoms with E-state index in [2.05, 4.69) is 5.32 Å². The van der Waals surface area contributed by atoms with E-state index in [1.807, 2.05) is 0 Å². The molecule has 4 nitrogen and oxygen atoms in total. The number of hydrogen-bond donors (Lipinski definition) is 2. The molecule has 0 saturated heterocycles. The van der Waals surface area contributed by atoms with Crippen LogP contribution in [0.15, 0.2) is 42.5 Å². The molecule has 0 bridgehead atoms. The number of hydrogen-bond acceptors (Lipinski definition) is 3. The van der Waals surface area contributed by atoms with Crippen molar-refractivity contribution in [2.24, 2.45) is 0 Å². The number of amides is 1. The first-order valence-electron chi connectivity index (χ1n) is 6.28. The van der Waals surface area contributed by atoms with Crippen LogP contribution in [-0.4, -0.2) is 12.5 Å². The second-order valence-corrected chi connectivity index (χ2v) is 5.18. The van der Waals surface area contributed by atoms with E-state index in [1.54, 1.807) is 42.5 Å². The number of carbonyl (C=O) groups is 1. The Morgan fingerprint density at radius 2 is 1.86 bits per heavy atom. The molecule has 6 heteroatoms. The van der Waals surface area contributed by atoms with Gasteiger partial charge in [0.1, 0.15) is 5.75 Å². The van der Waals surface area contributed by atoms with Gasteiger partial charge in [-0.25, -0.2) is 0 Å². The van der Waals surface area contributed by atoms with Gasteiger partial charge < -0.3 is 15.8 Å². The quantitative estimate of drug-likeness (QED) is 0.817. The number of ether oxygens (including phenoxy) is 1. The number of carbonyl (C=O) groups excluding carboxylic acids is 1. The lowest BCUT2D eigenvalue weighted by atomic mass is 10.3. The Bertz CT molecular complexity index is 630. The van der Waals surface area contributed by atoms with Gasteiger partial charge in [0.2, 0.25) is 5.91 Å². The summed E-state index contributed by atoms with van der Waals surface area (Å²) in [6.45, 7) is 0.258. The van der Waals surface area contributed by atoms with Crippen molar-refractivity contribution in [3.05, 3.63) is 52.5 Å². The maximum absolute atomic E-state index is 11.8. The van der Waals surface area contributed by atoms with Crippen molar-refractivity contribution in [1.29, 1.82) is 0 Å². The van der Waals surface area contributed by atoms with E-state index >= 15 is 0 Å². The van der Waals surface area contributed by atoms with Gasteiger partial charge >= 0.3 is 0 Å². The monoisotopic (exact) mass is 324 g/mol. The fourth-order valence-corrected chi connectivity index (χ4v) is 1.97. The summed E-state index contributed by atoms with van der Waals surface area (Å²) in [6.07, 6.45) is 0.202. The lowest BCUT2D eigenvalue weighted by Crippen LogP contribution is -2.15. The average Bonchev–Trinajstić information content (AvgIpc) is 2.45. The van der Waals surface area contributed by atoms with Gasteiger partial charge in [0.25, 0.3) is 0 Å². The van der Waals surface area contributed by atoms with Crippen molar-refractivity contribution in [2.75, 3.05) is 17.7 Å². The van der Waals surface area contributed by atoms with Crippen molar-refractivity contribution in [2.45, 2.75) is 6.42 Å². The van der Waals surface area contributed by atoms with Crippen LogP contribution in [0.4, 0.5) is 11.4 Å². The predicted octanol–water partition coefficient (Wildman–Crippen LogP) is 3.98. The molecule has 0 fully saturated rings. The van der Waals surface area contributed by atoms with Gasteiger partial charge in [-0.1, -0.05) is 23.2 Å². The standard InChI is InChI=1S/C15H14Cl2N2O2/c16-10-1-6-13(17)14(9-10)19-15(20)7-8-21-12-4-2-11(18)3-5-12/h1-6,9H,7-8,18H2,(H,19,20). The fourth-order valence-electron chi connectivity index (χ4n) is 1.63. The second kappa shape index (κ2) is 7.20. The fraction of sp³-hybridized carbons (Fsp3) is 0.133. The Kier molecular flexibility index (Phi) is 5.31. The summed E-state index contributed by atoms with van der Waals surface area (Å²) >= 11 is 11.8. The van der Waals surface area contributed by atoms with E-state index in [9.17, 15) is 4.79 Å². The first-order valence-corrected chi connectivity index (χ1v) is 7.03. The number of nitrogens with one attached hydrogen (secondary N) is 1. The number of benzene rings is 2. The molecular weight excluding hydrogens is 311 g/mol. The van der Waals surface area contributed by atoms with E-state index in [0.717, 1.165) is 0 Å². The molecule has 0 saturated carbocycles. The Morgan fingerprint density at radius 3 is 2.57 bits per heavy atom. The first-order chi connectivity index (χ1) is 10.0. The molecule has 0 aromatic heterocycles. The topological polar surface area (TPSA) is 64.3 Å². The molecule has 0 aliphatic heterocycles. The van der Waals surface area contributed by atoms with Gasteiger partial charge in [-0.05, 0) is 42.5 Å². The summed E-state index contributed by atoms with van der Waals surface area (Å²) in [6, 6.07) is 11.9. The molecule has 0 aliphatic carbocycles.